The van der Waals surface area contributed by atoms with E-state index in [1.807, 2.05) is 0 Å². The summed E-state index contributed by atoms with van der Waals surface area (Å²) in [5, 5.41) is 9.39. The maximum Gasteiger partial charge on any atom is 0.312 e. The average Bonchev–Trinajstić information content (AvgIpc) is 2.71. The van der Waals surface area contributed by atoms with Gasteiger partial charge >= 0.3 is 5.97 Å². The lowest BCUT2D eigenvalue weighted by molar-refractivity contribution is -0.148. The summed E-state index contributed by atoms with van der Waals surface area (Å²) >= 11 is 0. The molecular formula is C22H21F3N4O3. The molecule has 32 heavy (non-hydrogen) atoms. The smallest absolute Gasteiger partial charge is 0.312 e. The first kappa shape index (κ1) is 23.0. The highest BCUT2D eigenvalue weighted by molar-refractivity contribution is 5.85. The molecule has 0 aliphatic heterocycles. The van der Waals surface area contributed by atoms with Crippen molar-refractivity contribution in [2.24, 2.45) is 5.41 Å². The molecule has 3 aromatic rings. The summed E-state index contributed by atoms with van der Waals surface area (Å²) in [4.78, 5) is 23.7. The summed E-state index contributed by atoms with van der Waals surface area (Å²) in [6, 6.07) is 8.06. The summed E-state index contributed by atoms with van der Waals surface area (Å²) in [7, 11) is 0. The van der Waals surface area contributed by atoms with E-state index in [9.17, 15) is 23.1 Å². The van der Waals surface area contributed by atoms with Crippen LogP contribution in [0.15, 0.2) is 36.4 Å². The van der Waals surface area contributed by atoms with Gasteiger partial charge in [0.05, 0.1) is 16.7 Å². The number of rotatable bonds is 7. The van der Waals surface area contributed by atoms with Gasteiger partial charge in [-0.05, 0) is 62.7 Å². The van der Waals surface area contributed by atoms with Crippen LogP contribution in [0.4, 0.5) is 19.1 Å². The standard InChI is InChI=1S/C22H21F3N4O3/c1-11-8-13(9-15(27-11)18(24)25)16-17(12-4-6-14(23)7-5-12)28-21(26)29-19(16)32-10-22(2,3)20(30)31/h4-9,18H,10H2,1-3H3,(H,30,31)(H2,26,28,29). The van der Waals surface area contributed by atoms with E-state index in [4.69, 9.17) is 10.5 Å². The van der Waals surface area contributed by atoms with Gasteiger partial charge in [-0.15, -0.1) is 0 Å². The Labute approximate surface area is 182 Å². The van der Waals surface area contributed by atoms with Crippen molar-refractivity contribution in [2.45, 2.75) is 27.2 Å². The number of nitrogen functional groups attached to an aromatic ring is 1. The van der Waals surface area contributed by atoms with Gasteiger partial charge in [-0.1, -0.05) is 0 Å². The second kappa shape index (κ2) is 8.81. The molecule has 0 bridgehead atoms. The fraction of sp³-hybridized carbons (Fsp3) is 0.273. The third-order valence-corrected chi connectivity index (χ3v) is 4.64. The molecule has 2 heterocycles. The van der Waals surface area contributed by atoms with Gasteiger partial charge in [-0.25, -0.2) is 18.2 Å². The third-order valence-electron chi connectivity index (χ3n) is 4.64. The van der Waals surface area contributed by atoms with Gasteiger partial charge < -0.3 is 15.6 Å². The Morgan fingerprint density at radius 1 is 1.12 bits per heavy atom. The quantitative estimate of drug-likeness (QED) is 0.543. The van der Waals surface area contributed by atoms with Gasteiger partial charge in [0, 0.05) is 11.3 Å². The summed E-state index contributed by atoms with van der Waals surface area (Å²) in [5.74, 6) is -1.84. The van der Waals surface area contributed by atoms with E-state index >= 15 is 0 Å². The number of benzene rings is 1. The molecule has 0 fully saturated rings. The Hall–Kier alpha value is -3.69. The normalized spacial score (nSPS) is 11.6. The van der Waals surface area contributed by atoms with Crippen molar-refractivity contribution in [1.82, 2.24) is 15.0 Å². The van der Waals surface area contributed by atoms with Gasteiger partial charge in [0.15, 0.2) is 0 Å². The zero-order chi connectivity index (χ0) is 23.6. The number of hydrogen-bond donors (Lipinski definition) is 2. The number of hydrogen-bond acceptors (Lipinski definition) is 6. The van der Waals surface area contributed by atoms with Gasteiger partial charge in [0.1, 0.15) is 18.1 Å². The number of pyridine rings is 1. The number of carboxylic acid groups (broad SMARTS) is 1. The molecule has 168 valence electrons. The Bertz CT molecular complexity index is 1150. The molecule has 0 spiro atoms. The minimum Gasteiger partial charge on any atom is -0.481 e. The maximum absolute atomic E-state index is 13.5. The van der Waals surface area contributed by atoms with Crippen molar-refractivity contribution in [3.8, 4) is 28.3 Å². The molecule has 2 aromatic heterocycles. The minimum absolute atomic E-state index is 0.0861. The van der Waals surface area contributed by atoms with Crippen molar-refractivity contribution in [3.05, 3.63) is 53.6 Å². The monoisotopic (exact) mass is 446 g/mol. The number of nitrogens with zero attached hydrogens (tertiary/aromatic N) is 3. The Balaban J connectivity index is 2.25. The Morgan fingerprint density at radius 3 is 2.38 bits per heavy atom. The van der Waals surface area contributed by atoms with Crippen LogP contribution in [0, 0.1) is 18.2 Å². The van der Waals surface area contributed by atoms with Crippen LogP contribution in [0.25, 0.3) is 22.4 Å². The number of carbonyl (C=O) groups is 1. The molecule has 0 amide bonds. The topological polar surface area (TPSA) is 111 Å². The predicted octanol–water partition coefficient (Wildman–Crippen LogP) is 4.66. The highest BCUT2D eigenvalue weighted by Crippen LogP contribution is 2.39. The van der Waals surface area contributed by atoms with Crippen molar-refractivity contribution in [3.63, 3.8) is 0 Å². The van der Waals surface area contributed by atoms with Crippen LogP contribution in [0.5, 0.6) is 5.88 Å². The van der Waals surface area contributed by atoms with Gasteiger partial charge in [-0.2, -0.15) is 4.98 Å². The van der Waals surface area contributed by atoms with Crippen LogP contribution in [-0.2, 0) is 4.79 Å². The van der Waals surface area contributed by atoms with E-state index in [2.05, 4.69) is 15.0 Å². The molecule has 0 radical (unpaired) electrons. The summed E-state index contributed by atoms with van der Waals surface area (Å²) < 4.78 is 46.0. The number of ether oxygens (including phenoxy) is 1. The lowest BCUT2D eigenvalue weighted by Gasteiger charge is -2.21. The highest BCUT2D eigenvalue weighted by Gasteiger charge is 2.30. The van der Waals surface area contributed by atoms with E-state index in [0.717, 1.165) is 0 Å². The lowest BCUT2D eigenvalue weighted by Crippen LogP contribution is -2.31. The Kier molecular flexibility index (Phi) is 6.33. The molecule has 0 atom stereocenters. The van der Waals surface area contributed by atoms with Crippen LogP contribution in [0.1, 0.15) is 31.7 Å². The molecule has 0 saturated carbocycles. The Morgan fingerprint density at radius 2 is 1.78 bits per heavy atom. The van der Waals surface area contributed by atoms with E-state index in [1.54, 1.807) is 13.0 Å². The minimum atomic E-state index is -2.83. The first-order valence-corrected chi connectivity index (χ1v) is 9.54. The molecule has 3 N–H and O–H groups in total. The zero-order valence-electron chi connectivity index (χ0n) is 17.6. The molecule has 10 heteroatoms. The number of halogens is 3. The van der Waals surface area contributed by atoms with Crippen LogP contribution in [0.2, 0.25) is 0 Å². The number of aromatic nitrogens is 3. The number of alkyl halides is 2. The average molecular weight is 446 g/mol. The van der Waals surface area contributed by atoms with Crippen molar-refractivity contribution in [1.29, 1.82) is 0 Å². The highest BCUT2D eigenvalue weighted by atomic mass is 19.3. The fourth-order valence-corrected chi connectivity index (χ4v) is 2.90. The molecule has 7 nitrogen and oxygen atoms in total. The van der Waals surface area contributed by atoms with Crippen LogP contribution < -0.4 is 10.5 Å². The lowest BCUT2D eigenvalue weighted by atomic mass is 9.95. The first-order valence-electron chi connectivity index (χ1n) is 9.54. The molecule has 0 saturated heterocycles. The van der Waals surface area contributed by atoms with E-state index in [1.165, 1.54) is 44.2 Å². The molecule has 0 aliphatic rings. The number of aryl methyl sites for hydroxylation is 1. The molecular weight excluding hydrogens is 425 g/mol. The number of carboxylic acids is 1. The van der Waals surface area contributed by atoms with Gasteiger partial charge in [0.25, 0.3) is 6.43 Å². The van der Waals surface area contributed by atoms with Crippen LogP contribution in [0.3, 0.4) is 0 Å². The van der Waals surface area contributed by atoms with Crippen molar-refractivity contribution in [2.75, 3.05) is 12.3 Å². The third kappa shape index (κ3) is 4.96. The summed E-state index contributed by atoms with van der Waals surface area (Å²) in [6.45, 7) is 4.21. The van der Waals surface area contributed by atoms with Crippen LogP contribution in [-0.4, -0.2) is 32.6 Å². The second-order valence-corrected chi connectivity index (χ2v) is 7.82. The molecule has 0 aliphatic carbocycles. The molecule has 0 unspecified atom stereocenters. The summed E-state index contributed by atoms with van der Waals surface area (Å²) in [6.07, 6.45) is -2.83. The number of nitrogens with two attached hydrogens (primary N) is 1. The first-order chi connectivity index (χ1) is 15.0. The number of aliphatic carboxylic acids is 1. The maximum atomic E-state index is 13.5. The van der Waals surface area contributed by atoms with E-state index in [0.29, 0.717) is 11.3 Å². The largest absolute Gasteiger partial charge is 0.481 e. The number of anilines is 1. The molecule has 3 rings (SSSR count). The summed E-state index contributed by atoms with van der Waals surface area (Å²) in [5.41, 5.74) is 5.58. The predicted molar refractivity (Wildman–Crippen MR) is 112 cm³/mol. The zero-order valence-corrected chi connectivity index (χ0v) is 17.6. The fourth-order valence-electron chi connectivity index (χ4n) is 2.90. The van der Waals surface area contributed by atoms with Gasteiger partial charge in [-0.3, -0.25) is 9.78 Å². The second-order valence-electron chi connectivity index (χ2n) is 7.82. The van der Waals surface area contributed by atoms with Gasteiger partial charge in [0.2, 0.25) is 11.8 Å². The molecule has 1 aromatic carbocycles. The van der Waals surface area contributed by atoms with Crippen LogP contribution >= 0.6 is 0 Å². The van der Waals surface area contributed by atoms with Crippen molar-refractivity contribution < 1.29 is 27.8 Å². The van der Waals surface area contributed by atoms with E-state index in [-0.39, 0.29) is 35.3 Å². The van der Waals surface area contributed by atoms with E-state index < -0.39 is 29.3 Å². The van der Waals surface area contributed by atoms with Crippen molar-refractivity contribution >= 4 is 11.9 Å². The SMILES string of the molecule is Cc1cc(-c2c(OCC(C)(C)C(=O)O)nc(N)nc2-c2ccc(F)cc2)cc(C(F)F)n1.